The molecular formula is C29H41NO9. The second-order valence-corrected chi connectivity index (χ2v) is 10.2. The van der Waals surface area contributed by atoms with E-state index in [0.29, 0.717) is 37.3 Å². The van der Waals surface area contributed by atoms with Crippen molar-refractivity contribution in [3.05, 3.63) is 41.5 Å². The molecule has 10 nitrogen and oxygen atoms in total. The van der Waals surface area contributed by atoms with Crippen molar-refractivity contribution < 1.29 is 43.1 Å². The molecule has 1 aromatic carbocycles. The van der Waals surface area contributed by atoms with Gasteiger partial charge in [-0.25, -0.2) is 4.79 Å². The summed E-state index contributed by atoms with van der Waals surface area (Å²) in [7, 11) is 1.49. The fraction of sp³-hybridized carbons (Fsp3) is 0.586. The molecule has 0 saturated carbocycles. The van der Waals surface area contributed by atoms with Crippen molar-refractivity contribution in [3.63, 3.8) is 0 Å². The highest BCUT2D eigenvalue weighted by atomic mass is 16.8. The number of methoxy groups -OCH3 is 1. The Bertz CT molecular complexity index is 1050. The third kappa shape index (κ3) is 8.79. The van der Waals surface area contributed by atoms with Gasteiger partial charge >= 0.3 is 5.97 Å². The molecule has 0 aliphatic carbocycles. The number of rotatable bonds is 8. The monoisotopic (exact) mass is 547 g/mol. The van der Waals surface area contributed by atoms with E-state index >= 15 is 0 Å². The van der Waals surface area contributed by atoms with Crippen molar-refractivity contribution >= 4 is 18.0 Å². The molecule has 2 aliphatic rings. The number of esters is 1. The van der Waals surface area contributed by atoms with Gasteiger partial charge in [-0.05, 0) is 45.2 Å². The number of carbonyl (C=O) groups is 2. The van der Waals surface area contributed by atoms with E-state index in [9.17, 15) is 14.7 Å². The van der Waals surface area contributed by atoms with Crippen LogP contribution in [0.4, 0.5) is 0 Å². The number of hydrogen-bond donors (Lipinski definition) is 2. The smallest absolute Gasteiger partial charge is 0.342 e. The Labute approximate surface area is 230 Å². The van der Waals surface area contributed by atoms with Crippen LogP contribution in [0.2, 0.25) is 0 Å². The van der Waals surface area contributed by atoms with Crippen LogP contribution in [0.1, 0.15) is 63.4 Å². The Morgan fingerprint density at radius 2 is 1.95 bits per heavy atom. The quantitative estimate of drug-likeness (QED) is 0.218. The largest absolute Gasteiger partial charge is 0.493 e. The first-order chi connectivity index (χ1) is 18.5. The molecule has 1 amide bonds. The van der Waals surface area contributed by atoms with Gasteiger partial charge in [0.05, 0.1) is 12.7 Å². The molecule has 1 unspecified atom stereocenters. The minimum Gasteiger partial charge on any atom is -0.493 e. The molecule has 2 heterocycles. The molecule has 2 N–H and O–H groups in total. The molecule has 10 heteroatoms. The molecule has 5 atom stereocenters. The predicted octanol–water partition coefficient (Wildman–Crippen LogP) is 3.61. The van der Waals surface area contributed by atoms with Crippen molar-refractivity contribution in [2.45, 2.75) is 77.7 Å². The maximum absolute atomic E-state index is 13.4. The van der Waals surface area contributed by atoms with Crippen LogP contribution in [0.3, 0.4) is 0 Å². The SMILES string of the molecule is COCOc1cc(OCCCNC(C)=O)cc2c1C(=O)O[C@@H](C)[C@H](C)/C=C\C(O)[C@H]1OC(C)(C)O[C@H]1CC=C2. The summed E-state index contributed by atoms with van der Waals surface area (Å²) in [6, 6.07) is 3.37. The normalized spacial score (nSPS) is 27.5. The van der Waals surface area contributed by atoms with Crippen molar-refractivity contribution in [2.24, 2.45) is 5.92 Å². The summed E-state index contributed by atoms with van der Waals surface area (Å²) in [4.78, 5) is 24.6. The van der Waals surface area contributed by atoms with Crippen LogP contribution in [-0.2, 0) is 23.7 Å². The van der Waals surface area contributed by atoms with Gasteiger partial charge in [-0.1, -0.05) is 31.2 Å². The van der Waals surface area contributed by atoms with Crippen LogP contribution in [-0.4, -0.2) is 74.2 Å². The van der Waals surface area contributed by atoms with E-state index < -0.39 is 36.2 Å². The second kappa shape index (κ2) is 13.9. The maximum Gasteiger partial charge on any atom is 0.342 e. The number of amides is 1. The topological polar surface area (TPSA) is 122 Å². The summed E-state index contributed by atoms with van der Waals surface area (Å²) >= 11 is 0. The van der Waals surface area contributed by atoms with Gasteiger partial charge in [-0.3, -0.25) is 4.79 Å². The van der Waals surface area contributed by atoms with E-state index in [0.717, 1.165) is 0 Å². The molecule has 2 aliphatic heterocycles. The lowest BCUT2D eigenvalue weighted by Gasteiger charge is -2.23. The summed E-state index contributed by atoms with van der Waals surface area (Å²) in [5, 5.41) is 13.6. The zero-order chi connectivity index (χ0) is 28.6. The second-order valence-electron chi connectivity index (χ2n) is 10.2. The summed E-state index contributed by atoms with van der Waals surface area (Å²) in [5.41, 5.74) is 0.780. The number of carbonyl (C=O) groups excluding carboxylic acids is 2. The van der Waals surface area contributed by atoms with E-state index in [-0.39, 0.29) is 29.9 Å². The molecule has 0 radical (unpaired) electrons. The van der Waals surface area contributed by atoms with Crippen LogP contribution in [0.15, 0.2) is 30.4 Å². The van der Waals surface area contributed by atoms with Crippen molar-refractivity contribution in [1.82, 2.24) is 5.32 Å². The van der Waals surface area contributed by atoms with Crippen LogP contribution < -0.4 is 14.8 Å². The number of aliphatic hydroxyl groups excluding tert-OH is 1. The van der Waals surface area contributed by atoms with Gasteiger partial charge in [0.25, 0.3) is 0 Å². The van der Waals surface area contributed by atoms with E-state index in [2.05, 4.69) is 5.32 Å². The van der Waals surface area contributed by atoms with Gasteiger partial charge in [0.1, 0.15) is 35.4 Å². The molecule has 0 aromatic heterocycles. The van der Waals surface area contributed by atoms with E-state index in [4.69, 9.17) is 28.4 Å². The highest BCUT2D eigenvalue weighted by Crippen LogP contribution is 2.35. The minimum absolute atomic E-state index is 0.0774. The molecule has 1 fully saturated rings. The Morgan fingerprint density at radius 3 is 2.67 bits per heavy atom. The zero-order valence-corrected chi connectivity index (χ0v) is 23.6. The zero-order valence-electron chi connectivity index (χ0n) is 23.6. The standard InChI is InChI=1S/C29H41NO9/c1-18-11-12-23(32)27-24(38-29(4,5)39-27)10-7-9-21-15-22(35-14-8-13-30-20(3)31)16-25(36-17-34-6)26(21)28(33)37-19(18)2/h7,9,11-12,15-16,18-19,23-24,27,32H,8,10,13-14,17H2,1-6H3,(H,30,31)/b9-7?,12-11-/t18-,19+,23?,24+,27-/m1/s1. The Hall–Kier alpha value is -2.92. The average Bonchev–Trinajstić information content (AvgIpc) is 3.18. The van der Waals surface area contributed by atoms with E-state index in [1.807, 2.05) is 32.9 Å². The number of hydrogen-bond acceptors (Lipinski definition) is 9. The molecule has 0 bridgehead atoms. The molecular weight excluding hydrogens is 506 g/mol. The number of ether oxygens (including phenoxy) is 6. The summed E-state index contributed by atoms with van der Waals surface area (Å²) < 4.78 is 34.7. The lowest BCUT2D eigenvalue weighted by atomic mass is 9.99. The average molecular weight is 548 g/mol. The Balaban J connectivity index is 1.98. The van der Waals surface area contributed by atoms with Gasteiger partial charge in [0, 0.05) is 32.6 Å². The maximum atomic E-state index is 13.4. The first-order valence-corrected chi connectivity index (χ1v) is 13.3. The first-order valence-electron chi connectivity index (χ1n) is 13.3. The predicted molar refractivity (Wildman–Crippen MR) is 144 cm³/mol. The molecule has 0 spiro atoms. The highest BCUT2D eigenvalue weighted by Gasteiger charge is 2.43. The third-order valence-electron chi connectivity index (χ3n) is 6.48. The van der Waals surface area contributed by atoms with Gasteiger partial charge in [-0.2, -0.15) is 0 Å². The van der Waals surface area contributed by atoms with E-state index in [1.165, 1.54) is 14.0 Å². The lowest BCUT2D eigenvalue weighted by molar-refractivity contribution is -0.152. The van der Waals surface area contributed by atoms with Crippen LogP contribution in [0, 0.1) is 5.92 Å². The Kier molecular flexibility index (Phi) is 10.9. The minimum atomic E-state index is -0.891. The van der Waals surface area contributed by atoms with Gasteiger partial charge in [-0.15, -0.1) is 0 Å². The summed E-state index contributed by atoms with van der Waals surface area (Å²) in [5.74, 6) is -0.939. The summed E-state index contributed by atoms with van der Waals surface area (Å²) in [6.07, 6.45) is 5.82. The fourth-order valence-corrected chi connectivity index (χ4v) is 4.36. The molecule has 216 valence electrons. The van der Waals surface area contributed by atoms with Crippen LogP contribution >= 0.6 is 0 Å². The number of nitrogens with one attached hydrogen (secondary N) is 1. The molecule has 1 saturated heterocycles. The van der Waals surface area contributed by atoms with Gasteiger partial charge in [0.15, 0.2) is 12.6 Å². The van der Waals surface area contributed by atoms with E-state index in [1.54, 1.807) is 31.2 Å². The molecule has 1 aromatic rings. The van der Waals surface area contributed by atoms with Crippen LogP contribution in [0.25, 0.3) is 6.08 Å². The van der Waals surface area contributed by atoms with Crippen LogP contribution in [0.5, 0.6) is 11.5 Å². The van der Waals surface area contributed by atoms with Gasteiger partial charge in [0.2, 0.25) is 5.91 Å². The first kappa shape index (κ1) is 30.6. The fourth-order valence-electron chi connectivity index (χ4n) is 4.36. The summed E-state index contributed by atoms with van der Waals surface area (Å²) in [6.45, 7) is 9.55. The lowest BCUT2D eigenvalue weighted by Crippen LogP contribution is -2.34. The number of benzene rings is 1. The highest BCUT2D eigenvalue weighted by molar-refractivity contribution is 5.97. The molecule has 39 heavy (non-hydrogen) atoms. The Morgan fingerprint density at radius 1 is 1.18 bits per heavy atom. The van der Waals surface area contributed by atoms with Crippen molar-refractivity contribution in [3.8, 4) is 11.5 Å². The van der Waals surface area contributed by atoms with Crippen molar-refractivity contribution in [2.75, 3.05) is 27.1 Å². The van der Waals surface area contributed by atoms with Crippen molar-refractivity contribution in [1.29, 1.82) is 0 Å². The number of fused-ring (bicyclic) bond motifs is 2. The number of cyclic esters (lactones) is 1. The van der Waals surface area contributed by atoms with Gasteiger partial charge < -0.3 is 38.8 Å². The molecule has 3 rings (SSSR count). The number of aliphatic hydroxyl groups is 1. The third-order valence-corrected chi connectivity index (χ3v) is 6.48.